The number of hydrogen-bond donors (Lipinski definition) is 1. The lowest BCUT2D eigenvalue weighted by Crippen LogP contribution is -1.88. The number of ether oxygens (including phenoxy) is 1. The molecule has 3 aromatic carbocycles. The lowest BCUT2D eigenvalue weighted by molar-refractivity contribution is 0.464. The van der Waals surface area contributed by atoms with E-state index in [2.05, 4.69) is 4.98 Å². The Morgan fingerprint density at radius 3 is 2.35 bits per heavy atom. The highest BCUT2D eigenvalue weighted by atomic mass is 35.5. The largest absolute Gasteiger partial charge is 0.508 e. The Balaban J connectivity index is 1.79. The van der Waals surface area contributed by atoms with Crippen LogP contribution in [0, 0.1) is 0 Å². The quantitative estimate of drug-likeness (QED) is 0.389. The van der Waals surface area contributed by atoms with Crippen LogP contribution in [0.2, 0.25) is 5.15 Å². The van der Waals surface area contributed by atoms with Crippen LogP contribution in [0.25, 0.3) is 21.5 Å². The predicted molar refractivity (Wildman–Crippen MR) is 92.4 cm³/mol. The van der Waals surface area contributed by atoms with E-state index in [1.807, 2.05) is 36.4 Å². The van der Waals surface area contributed by atoms with Gasteiger partial charge in [-0.3, -0.25) is 0 Å². The maximum atomic E-state index is 9.60. The molecule has 0 amide bonds. The minimum atomic E-state index is 0.267. The van der Waals surface area contributed by atoms with Crippen molar-refractivity contribution in [3.8, 4) is 17.4 Å². The maximum absolute atomic E-state index is 9.60. The lowest BCUT2D eigenvalue weighted by Gasteiger charge is -2.08. The summed E-state index contributed by atoms with van der Waals surface area (Å²) < 4.78 is 5.76. The lowest BCUT2D eigenvalue weighted by atomic mass is 10.0. The van der Waals surface area contributed by atoms with Gasteiger partial charge in [-0.1, -0.05) is 41.9 Å². The summed E-state index contributed by atoms with van der Waals surface area (Å²) in [5.41, 5.74) is 0. The van der Waals surface area contributed by atoms with Crippen LogP contribution >= 0.6 is 11.6 Å². The highest BCUT2D eigenvalue weighted by Crippen LogP contribution is 2.31. The van der Waals surface area contributed by atoms with E-state index in [-0.39, 0.29) is 5.75 Å². The predicted octanol–water partition coefficient (Wildman–Crippen LogP) is 5.54. The molecule has 3 nitrogen and oxygen atoms in total. The number of phenols is 1. The molecule has 0 unspecified atom stereocenters. The normalized spacial score (nSPS) is 11.0. The fourth-order valence-electron chi connectivity index (χ4n) is 2.67. The van der Waals surface area contributed by atoms with Crippen LogP contribution in [0.15, 0.2) is 66.7 Å². The van der Waals surface area contributed by atoms with Gasteiger partial charge in [-0.15, -0.1) is 0 Å². The molecule has 1 aromatic heterocycles. The summed E-state index contributed by atoms with van der Waals surface area (Å²) in [5.74, 6) is 1.43. The molecule has 0 aliphatic rings. The van der Waals surface area contributed by atoms with E-state index >= 15 is 0 Å². The first-order chi connectivity index (χ1) is 11.2. The SMILES string of the molecule is Oc1ccc2c(ccc3cc(Oc4cccc(Cl)n4)ccc32)c1. The summed E-state index contributed by atoms with van der Waals surface area (Å²) in [6.45, 7) is 0. The van der Waals surface area contributed by atoms with Crippen molar-refractivity contribution >= 4 is 33.1 Å². The minimum Gasteiger partial charge on any atom is -0.508 e. The van der Waals surface area contributed by atoms with E-state index in [9.17, 15) is 5.11 Å². The molecule has 0 radical (unpaired) electrons. The number of rotatable bonds is 2. The van der Waals surface area contributed by atoms with Crippen molar-refractivity contribution in [2.24, 2.45) is 0 Å². The van der Waals surface area contributed by atoms with Crippen molar-refractivity contribution in [1.82, 2.24) is 4.98 Å². The molecule has 1 heterocycles. The number of pyridine rings is 1. The van der Waals surface area contributed by atoms with Gasteiger partial charge in [0.15, 0.2) is 0 Å². The summed E-state index contributed by atoms with van der Waals surface area (Å²) in [7, 11) is 0. The van der Waals surface area contributed by atoms with Crippen molar-refractivity contribution in [3.05, 3.63) is 71.9 Å². The Bertz CT molecular complexity index is 1030. The summed E-state index contributed by atoms with van der Waals surface area (Å²) in [4.78, 5) is 4.12. The highest BCUT2D eigenvalue weighted by molar-refractivity contribution is 6.29. The third-order valence-corrected chi connectivity index (χ3v) is 3.91. The summed E-state index contributed by atoms with van der Waals surface area (Å²) in [5, 5.41) is 14.2. The molecule has 0 aliphatic carbocycles. The van der Waals surface area contributed by atoms with E-state index < -0.39 is 0 Å². The van der Waals surface area contributed by atoms with Gasteiger partial charge in [-0.25, -0.2) is 4.98 Å². The van der Waals surface area contributed by atoms with Crippen molar-refractivity contribution in [2.75, 3.05) is 0 Å². The van der Waals surface area contributed by atoms with E-state index in [1.165, 1.54) is 0 Å². The van der Waals surface area contributed by atoms with Crippen LogP contribution in [0.5, 0.6) is 17.4 Å². The van der Waals surface area contributed by atoms with Gasteiger partial charge in [0, 0.05) is 6.07 Å². The second kappa shape index (κ2) is 5.45. The number of phenolic OH excluding ortho intramolecular Hbond substituents is 1. The number of hydrogen-bond acceptors (Lipinski definition) is 3. The number of aromatic hydroxyl groups is 1. The molecule has 0 spiro atoms. The maximum Gasteiger partial charge on any atom is 0.220 e. The Morgan fingerprint density at radius 1 is 0.826 bits per heavy atom. The third-order valence-electron chi connectivity index (χ3n) is 3.70. The monoisotopic (exact) mass is 321 g/mol. The van der Waals surface area contributed by atoms with Crippen molar-refractivity contribution in [2.45, 2.75) is 0 Å². The minimum absolute atomic E-state index is 0.267. The number of nitrogens with zero attached hydrogens (tertiary/aromatic N) is 1. The van der Waals surface area contributed by atoms with E-state index in [0.717, 1.165) is 21.5 Å². The first kappa shape index (κ1) is 13.9. The Kier molecular flexibility index (Phi) is 3.28. The summed E-state index contributed by atoms with van der Waals surface area (Å²) in [6.07, 6.45) is 0. The number of aromatic nitrogens is 1. The fourth-order valence-corrected chi connectivity index (χ4v) is 2.82. The summed E-state index contributed by atoms with van der Waals surface area (Å²) in [6, 6.07) is 20.5. The molecule has 0 atom stereocenters. The zero-order valence-electron chi connectivity index (χ0n) is 12.0. The van der Waals surface area contributed by atoms with Crippen LogP contribution in [0.3, 0.4) is 0 Å². The molecule has 0 bridgehead atoms. The summed E-state index contributed by atoms with van der Waals surface area (Å²) >= 11 is 5.87. The second-order valence-corrected chi connectivity index (χ2v) is 5.64. The number of fused-ring (bicyclic) bond motifs is 3. The van der Waals surface area contributed by atoms with Gasteiger partial charge in [0.2, 0.25) is 5.88 Å². The van der Waals surface area contributed by atoms with E-state index in [1.54, 1.807) is 30.3 Å². The fraction of sp³-hybridized carbons (Fsp3) is 0. The second-order valence-electron chi connectivity index (χ2n) is 5.25. The first-order valence-electron chi connectivity index (χ1n) is 7.15. The highest BCUT2D eigenvalue weighted by Gasteiger charge is 2.05. The van der Waals surface area contributed by atoms with Gasteiger partial charge >= 0.3 is 0 Å². The molecule has 112 valence electrons. The molecule has 4 rings (SSSR count). The molecule has 1 N–H and O–H groups in total. The zero-order chi connectivity index (χ0) is 15.8. The van der Waals surface area contributed by atoms with Crippen LogP contribution in [-0.4, -0.2) is 10.1 Å². The van der Waals surface area contributed by atoms with Gasteiger partial charge in [-0.2, -0.15) is 0 Å². The van der Waals surface area contributed by atoms with Crippen LogP contribution < -0.4 is 4.74 Å². The van der Waals surface area contributed by atoms with Crippen LogP contribution in [0.1, 0.15) is 0 Å². The van der Waals surface area contributed by atoms with Gasteiger partial charge < -0.3 is 9.84 Å². The number of benzene rings is 3. The van der Waals surface area contributed by atoms with Crippen molar-refractivity contribution in [1.29, 1.82) is 0 Å². The Hall–Kier alpha value is -2.78. The van der Waals surface area contributed by atoms with Gasteiger partial charge in [0.1, 0.15) is 16.7 Å². The molecule has 0 aliphatic heterocycles. The molecule has 23 heavy (non-hydrogen) atoms. The van der Waals surface area contributed by atoms with Crippen LogP contribution in [-0.2, 0) is 0 Å². The Morgan fingerprint density at radius 2 is 1.57 bits per heavy atom. The molecular weight excluding hydrogens is 310 g/mol. The van der Waals surface area contributed by atoms with Crippen LogP contribution in [0.4, 0.5) is 0 Å². The number of halogens is 1. The molecule has 0 saturated heterocycles. The third kappa shape index (κ3) is 2.67. The average molecular weight is 322 g/mol. The molecule has 0 fully saturated rings. The van der Waals surface area contributed by atoms with E-state index in [0.29, 0.717) is 16.8 Å². The molecule has 0 saturated carbocycles. The topological polar surface area (TPSA) is 42.4 Å². The van der Waals surface area contributed by atoms with E-state index in [4.69, 9.17) is 16.3 Å². The van der Waals surface area contributed by atoms with Gasteiger partial charge in [0.05, 0.1) is 0 Å². The van der Waals surface area contributed by atoms with Crippen molar-refractivity contribution in [3.63, 3.8) is 0 Å². The average Bonchev–Trinajstić information content (AvgIpc) is 2.54. The Labute approximate surface area is 137 Å². The zero-order valence-corrected chi connectivity index (χ0v) is 12.8. The van der Waals surface area contributed by atoms with Gasteiger partial charge in [-0.05, 0) is 51.9 Å². The van der Waals surface area contributed by atoms with Crippen molar-refractivity contribution < 1.29 is 9.84 Å². The molecular formula is C19H12ClNO2. The molecule has 4 heteroatoms. The first-order valence-corrected chi connectivity index (χ1v) is 7.53. The van der Waals surface area contributed by atoms with Gasteiger partial charge in [0.25, 0.3) is 0 Å². The molecule has 4 aromatic rings. The standard InChI is InChI=1S/C19H12ClNO2/c20-18-2-1-3-19(21-18)23-15-7-9-17-13(11-15)5-4-12-10-14(22)6-8-16(12)17/h1-11,22H. The smallest absolute Gasteiger partial charge is 0.220 e.